The molecule has 5 heteroatoms. The lowest BCUT2D eigenvalue weighted by Crippen LogP contribution is -2.16. The van der Waals surface area contributed by atoms with Crippen molar-refractivity contribution in [1.29, 1.82) is 0 Å². The summed E-state index contributed by atoms with van der Waals surface area (Å²) in [6.45, 7) is 1.03. The smallest absolute Gasteiger partial charge is 0.256 e. The summed E-state index contributed by atoms with van der Waals surface area (Å²) in [5.41, 5.74) is 3.94. The van der Waals surface area contributed by atoms with Crippen molar-refractivity contribution in [3.05, 3.63) is 108 Å². The van der Waals surface area contributed by atoms with Gasteiger partial charge in [-0.3, -0.25) is 9.59 Å². The van der Waals surface area contributed by atoms with E-state index in [4.69, 9.17) is 4.98 Å². The molecule has 0 atom stereocenters. The van der Waals surface area contributed by atoms with Gasteiger partial charge in [-0.2, -0.15) is 0 Å². The van der Waals surface area contributed by atoms with Gasteiger partial charge in [0.15, 0.2) is 5.78 Å². The van der Waals surface area contributed by atoms with Crippen LogP contribution in [-0.4, -0.2) is 21.2 Å². The zero-order valence-electron chi connectivity index (χ0n) is 17.6. The number of hydrogen-bond donors (Lipinski definition) is 1. The molecule has 1 aromatic heterocycles. The number of ketones is 1. The van der Waals surface area contributed by atoms with Crippen molar-refractivity contribution in [2.45, 2.75) is 25.8 Å². The summed E-state index contributed by atoms with van der Waals surface area (Å²) in [5, 5.41) is 2.92. The molecule has 2 heterocycles. The first-order valence-electron chi connectivity index (χ1n) is 10.9. The Bertz CT molecular complexity index is 1250. The van der Waals surface area contributed by atoms with Gasteiger partial charge in [0.1, 0.15) is 5.82 Å². The van der Waals surface area contributed by atoms with Crippen LogP contribution in [-0.2, 0) is 13.0 Å². The lowest BCUT2D eigenvalue weighted by atomic mass is 9.98. The first-order valence-corrected chi connectivity index (χ1v) is 10.9. The van der Waals surface area contributed by atoms with Crippen molar-refractivity contribution in [3.63, 3.8) is 0 Å². The van der Waals surface area contributed by atoms with Crippen LogP contribution in [0, 0.1) is 0 Å². The maximum atomic E-state index is 13.0. The number of benzene rings is 3. The maximum absolute atomic E-state index is 13.0. The van der Waals surface area contributed by atoms with Crippen LogP contribution in [0.15, 0.2) is 85.1 Å². The average Bonchev–Trinajstić information content (AvgIpc) is 3.29. The number of carbonyl (C=O) groups is 2. The Hall–Kier alpha value is -3.99. The van der Waals surface area contributed by atoms with Gasteiger partial charge in [-0.25, -0.2) is 4.98 Å². The summed E-state index contributed by atoms with van der Waals surface area (Å²) in [4.78, 5) is 30.7. The van der Waals surface area contributed by atoms with Crippen LogP contribution < -0.4 is 5.32 Å². The minimum Gasteiger partial charge on any atom is -0.334 e. The van der Waals surface area contributed by atoms with Gasteiger partial charge in [-0.15, -0.1) is 0 Å². The van der Waals surface area contributed by atoms with Crippen LogP contribution in [0.5, 0.6) is 0 Å². The molecule has 5 rings (SSSR count). The number of nitrogens with one attached hydrogen (secondary N) is 1. The Morgan fingerprint density at radius 3 is 2.28 bits per heavy atom. The molecule has 1 amide bonds. The molecule has 0 spiro atoms. The number of aryl methyl sites for hydroxylation is 2. The molecule has 158 valence electrons. The van der Waals surface area contributed by atoms with E-state index in [2.05, 4.69) is 16.1 Å². The number of fused-ring (bicyclic) bond motifs is 1. The van der Waals surface area contributed by atoms with Crippen LogP contribution in [0.1, 0.15) is 44.9 Å². The van der Waals surface area contributed by atoms with Gasteiger partial charge >= 0.3 is 0 Å². The van der Waals surface area contributed by atoms with Crippen molar-refractivity contribution >= 4 is 17.4 Å². The van der Waals surface area contributed by atoms with Gasteiger partial charge in [-0.1, -0.05) is 60.7 Å². The van der Waals surface area contributed by atoms with E-state index in [1.165, 1.54) is 12.8 Å². The first-order chi connectivity index (χ1) is 15.7. The number of aromatic nitrogens is 2. The van der Waals surface area contributed by atoms with Gasteiger partial charge < -0.3 is 9.88 Å². The zero-order valence-corrected chi connectivity index (χ0v) is 17.6. The molecule has 0 bridgehead atoms. The van der Waals surface area contributed by atoms with Crippen molar-refractivity contribution < 1.29 is 9.59 Å². The second kappa shape index (κ2) is 8.63. The van der Waals surface area contributed by atoms with Crippen LogP contribution in [0.4, 0.5) is 5.69 Å². The van der Waals surface area contributed by atoms with Crippen LogP contribution in [0.25, 0.3) is 11.3 Å². The fourth-order valence-corrected chi connectivity index (χ4v) is 4.10. The second-order valence-corrected chi connectivity index (χ2v) is 7.97. The minimum absolute atomic E-state index is 0.171. The molecule has 3 aromatic carbocycles. The third-order valence-corrected chi connectivity index (χ3v) is 5.80. The third-order valence-electron chi connectivity index (χ3n) is 5.80. The first kappa shape index (κ1) is 19.9. The predicted molar refractivity (Wildman–Crippen MR) is 125 cm³/mol. The van der Waals surface area contributed by atoms with E-state index in [1.807, 2.05) is 42.5 Å². The molecule has 4 aromatic rings. The van der Waals surface area contributed by atoms with Crippen molar-refractivity contribution in [1.82, 2.24) is 9.55 Å². The van der Waals surface area contributed by atoms with E-state index in [9.17, 15) is 9.59 Å². The maximum Gasteiger partial charge on any atom is 0.256 e. The Kier molecular flexibility index (Phi) is 5.38. The largest absolute Gasteiger partial charge is 0.334 e. The molecule has 0 saturated heterocycles. The third kappa shape index (κ3) is 3.97. The van der Waals surface area contributed by atoms with Gasteiger partial charge in [0, 0.05) is 41.5 Å². The molecule has 0 radical (unpaired) electrons. The molecule has 0 aliphatic carbocycles. The van der Waals surface area contributed by atoms with Crippen LogP contribution in [0.3, 0.4) is 0 Å². The quantitative estimate of drug-likeness (QED) is 0.441. The van der Waals surface area contributed by atoms with E-state index < -0.39 is 0 Å². The molecule has 32 heavy (non-hydrogen) atoms. The normalized spacial score (nSPS) is 12.8. The Morgan fingerprint density at radius 2 is 1.53 bits per heavy atom. The molecular formula is C27H23N3O2. The average molecular weight is 422 g/mol. The van der Waals surface area contributed by atoms with E-state index in [0.717, 1.165) is 30.0 Å². The highest BCUT2D eigenvalue weighted by Crippen LogP contribution is 2.24. The number of nitrogens with zero attached hydrogens (tertiary/aromatic N) is 2. The van der Waals surface area contributed by atoms with Crippen LogP contribution in [0.2, 0.25) is 0 Å². The van der Waals surface area contributed by atoms with E-state index in [1.54, 1.807) is 36.4 Å². The summed E-state index contributed by atoms with van der Waals surface area (Å²) in [6, 6.07) is 23.6. The predicted octanol–water partition coefficient (Wildman–Crippen LogP) is 5.37. The zero-order chi connectivity index (χ0) is 21.9. The summed E-state index contributed by atoms with van der Waals surface area (Å²) < 4.78 is 2.23. The number of amides is 1. The molecule has 0 unspecified atom stereocenters. The summed E-state index contributed by atoms with van der Waals surface area (Å²) in [5.74, 6) is 0.661. The molecule has 0 saturated carbocycles. The monoisotopic (exact) mass is 421 g/mol. The fraction of sp³-hybridized carbons (Fsp3) is 0.148. The standard InChI is InChI=1S/C27H23N3O2/c31-26(20-8-2-1-3-9-20)22-10-4-5-11-23(22)27(32)28-21-15-13-19(14-16-21)24-18-30-17-7-6-12-25(30)29-24/h1-5,8-11,13-16,18H,6-7,12,17H2,(H,28,32). The van der Waals surface area contributed by atoms with E-state index in [0.29, 0.717) is 22.4 Å². The molecule has 1 aliphatic heterocycles. The summed E-state index contributed by atoms with van der Waals surface area (Å²) >= 11 is 0. The molecule has 5 nitrogen and oxygen atoms in total. The van der Waals surface area contributed by atoms with Crippen molar-refractivity contribution in [2.24, 2.45) is 0 Å². The SMILES string of the molecule is O=C(Nc1ccc(-c2cn3c(n2)CCCC3)cc1)c1ccccc1C(=O)c1ccccc1. The number of imidazole rings is 1. The number of carbonyl (C=O) groups excluding carboxylic acids is 2. The lowest BCUT2D eigenvalue weighted by molar-refractivity contribution is 0.0996. The van der Waals surface area contributed by atoms with Crippen LogP contribution >= 0.6 is 0 Å². The second-order valence-electron chi connectivity index (χ2n) is 7.97. The minimum atomic E-state index is -0.310. The van der Waals surface area contributed by atoms with E-state index >= 15 is 0 Å². The van der Waals surface area contributed by atoms with E-state index in [-0.39, 0.29) is 11.7 Å². The molecule has 0 fully saturated rings. The fourth-order valence-electron chi connectivity index (χ4n) is 4.10. The topological polar surface area (TPSA) is 64.0 Å². The molecular weight excluding hydrogens is 398 g/mol. The van der Waals surface area contributed by atoms with Crippen molar-refractivity contribution in [2.75, 3.05) is 5.32 Å². The molecule has 1 aliphatic rings. The number of anilines is 1. The Labute approximate surface area is 186 Å². The number of hydrogen-bond acceptors (Lipinski definition) is 3. The molecule has 1 N–H and O–H groups in total. The highest BCUT2D eigenvalue weighted by atomic mass is 16.2. The highest BCUT2D eigenvalue weighted by molar-refractivity contribution is 6.17. The lowest BCUT2D eigenvalue weighted by Gasteiger charge is -2.11. The Morgan fingerprint density at radius 1 is 0.812 bits per heavy atom. The summed E-state index contributed by atoms with van der Waals surface area (Å²) in [6.07, 6.45) is 5.51. The van der Waals surface area contributed by atoms with Crippen molar-refractivity contribution in [3.8, 4) is 11.3 Å². The van der Waals surface area contributed by atoms with Gasteiger partial charge in [0.2, 0.25) is 0 Å². The van der Waals surface area contributed by atoms with Gasteiger partial charge in [0.05, 0.1) is 11.3 Å². The number of rotatable bonds is 5. The van der Waals surface area contributed by atoms with Gasteiger partial charge in [0.25, 0.3) is 5.91 Å². The Balaban J connectivity index is 1.35. The van der Waals surface area contributed by atoms with Gasteiger partial charge in [-0.05, 0) is 31.0 Å². The highest BCUT2D eigenvalue weighted by Gasteiger charge is 2.18. The summed E-state index contributed by atoms with van der Waals surface area (Å²) in [7, 11) is 0.